The third-order valence-corrected chi connectivity index (χ3v) is 6.91. The number of hydrogen-bond acceptors (Lipinski definition) is 3. The van der Waals surface area contributed by atoms with Crippen molar-refractivity contribution in [2.45, 2.75) is 72.1 Å². The summed E-state index contributed by atoms with van der Waals surface area (Å²) in [5, 5.41) is 0. The van der Waals surface area contributed by atoms with Gasteiger partial charge in [-0.25, -0.2) is 0 Å². The molecule has 156 valence electrons. The van der Waals surface area contributed by atoms with Gasteiger partial charge < -0.3 is 14.4 Å². The van der Waals surface area contributed by atoms with E-state index in [-0.39, 0.29) is 17.9 Å². The Hall–Kier alpha value is -1.07. The molecule has 2 fully saturated rings. The number of amides is 1. The molecule has 28 heavy (non-hydrogen) atoms. The molecule has 4 nitrogen and oxygen atoms in total. The van der Waals surface area contributed by atoms with Gasteiger partial charge in [-0.1, -0.05) is 43.6 Å². The molecule has 2 heterocycles. The molecule has 0 radical (unpaired) electrons. The van der Waals surface area contributed by atoms with E-state index in [4.69, 9.17) is 9.47 Å². The topological polar surface area (TPSA) is 38.8 Å². The van der Waals surface area contributed by atoms with Crippen molar-refractivity contribution >= 4 is 21.8 Å². The van der Waals surface area contributed by atoms with E-state index in [1.165, 1.54) is 0 Å². The lowest BCUT2D eigenvalue weighted by atomic mass is 9.91. The Balaban J connectivity index is 1.81. The summed E-state index contributed by atoms with van der Waals surface area (Å²) in [7, 11) is 1.71. The van der Waals surface area contributed by atoms with Gasteiger partial charge in [0.15, 0.2) is 0 Å². The van der Waals surface area contributed by atoms with Crippen LogP contribution in [0.3, 0.4) is 0 Å². The zero-order chi connectivity index (χ0) is 20.6. The van der Waals surface area contributed by atoms with Gasteiger partial charge in [0, 0.05) is 22.4 Å². The van der Waals surface area contributed by atoms with Crippen LogP contribution in [0.2, 0.25) is 0 Å². The molecule has 5 heteroatoms. The first kappa shape index (κ1) is 21.6. The largest absolute Gasteiger partial charge is 0.496 e. The van der Waals surface area contributed by atoms with Gasteiger partial charge in [-0.05, 0) is 55.7 Å². The zero-order valence-electron chi connectivity index (χ0n) is 18.0. The van der Waals surface area contributed by atoms with Crippen molar-refractivity contribution < 1.29 is 14.3 Å². The van der Waals surface area contributed by atoms with Crippen LogP contribution in [0.5, 0.6) is 5.75 Å². The Morgan fingerprint density at radius 3 is 2.64 bits per heavy atom. The number of carbonyl (C=O) groups excluding carboxylic acids is 1. The maximum Gasteiger partial charge on any atom is 0.228 e. The van der Waals surface area contributed by atoms with Crippen LogP contribution in [-0.4, -0.2) is 36.3 Å². The van der Waals surface area contributed by atoms with E-state index < -0.39 is 5.72 Å². The zero-order valence-corrected chi connectivity index (χ0v) is 19.6. The third kappa shape index (κ3) is 3.97. The number of benzene rings is 1. The highest BCUT2D eigenvalue weighted by Gasteiger charge is 2.58. The number of methoxy groups -OCH3 is 1. The van der Waals surface area contributed by atoms with E-state index in [1.54, 1.807) is 7.11 Å². The minimum atomic E-state index is -0.403. The van der Waals surface area contributed by atoms with E-state index in [0.717, 1.165) is 47.0 Å². The van der Waals surface area contributed by atoms with Crippen LogP contribution in [0.15, 0.2) is 16.6 Å². The molecule has 2 aliphatic rings. The molecule has 0 bridgehead atoms. The molecule has 0 aliphatic carbocycles. The monoisotopic (exact) mass is 451 g/mol. The molecule has 1 amide bonds. The normalized spacial score (nSPS) is 27.2. The van der Waals surface area contributed by atoms with Crippen LogP contribution in [0, 0.1) is 24.7 Å². The molecule has 3 atom stereocenters. The van der Waals surface area contributed by atoms with Crippen LogP contribution in [0.1, 0.15) is 58.1 Å². The molecule has 1 aromatic carbocycles. The fraction of sp³-hybridized carbons (Fsp3) is 0.696. The maximum absolute atomic E-state index is 13.4. The molecular weight excluding hydrogens is 418 g/mol. The third-order valence-electron chi connectivity index (χ3n) is 6.20. The lowest BCUT2D eigenvalue weighted by Crippen LogP contribution is -2.48. The van der Waals surface area contributed by atoms with Crippen molar-refractivity contribution in [1.82, 2.24) is 4.90 Å². The number of rotatable bonds is 7. The van der Waals surface area contributed by atoms with Crippen molar-refractivity contribution in [3.8, 4) is 5.75 Å². The van der Waals surface area contributed by atoms with Crippen LogP contribution in [0.25, 0.3) is 0 Å². The standard InChI is InChI=1S/C23H34BrNO3/c1-14(2)11-23-12-17(22(26)25(23)20(13-28-23)15(3)4)7-8-18-19(24)9-16(5)10-21(18)27-6/h9-10,14-15,17,20H,7-8,11-13H2,1-6H3/t17?,20-,23-/m1/s1. The number of nitrogens with zero attached hydrogens (tertiary/aromatic N) is 1. The van der Waals surface area contributed by atoms with Crippen molar-refractivity contribution in [3.63, 3.8) is 0 Å². The van der Waals surface area contributed by atoms with Gasteiger partial charge in [0.2, 0.25) is 5.91 Å². The van der Waals surface area contributed by atoms with E-state index >= 15 is 0 Å². The number of carbonyl (C=O) groups is 1. The quantitative estimate of drug-likeness (QED) is 0.560. The Morgan fingerprint density at radius 2 is 2.04 bits per heavy atom. The van der Waals surface area contributed by atoms with Gasteiger partial charge in [-0.3, -0.25) is 4.79 Å². The highest BCUT2D eigenvalue weighted by Crippen LogP contribution is 2.48. The summed E-state index contributed by atoms with van der Waals surface area (Å²) in [6, 6.07) is 4.37. The molecule has 0 spiro atoms. The van der Waals surface area contributed by atoms with Crippen LogP contribution in [-0.2, 0) is 16.0 Å². The van der Waals surface area contributed by atoms with Gasteiger partial charge in [0.05, 0.1) is 19.8 Å². The Kier molecular flexibility index (Phi) is 6.45. The summed E-state index contributed by atoms with van der Waals surface area (Å²) in [6.45, 7) is 11.5. The second-order valence-corrected chi connectivity index (χ2v) is 10.1. The minimum Gasteiger partial charge on any atom is -0.496 e. The molecule has 1 unspecified atom stereocenters. The molecule has 1 aromatic rings. The summed E-state index contributed by atoms with van der Waals surface area (Å²) < 4.78 is 13.0. The van der Waals surface area contributed by atoms with Gasteiger partial charge in [0.1, 0.15) is 11.5 Å². The average molecular weight is 452 g/mol. The number of hydrogen-bond donors (Lipinski definition) is 0. The summed E-state index contributed by atoms with van der Waals surface area (Å²) in [5.41, 5.74) is 1.90. The second kappa shape index (κ2) is 8.35. The SMILES string of the molecule is COc1cc(C)cc(Br)c1CCC1C[C@@]2(CC(C)C)OC[C@H](C(C)C)N2C1=O. The highest BCUT2D eigenvalue weighted by molar-refractivity contribution is 9.10. The molecule has 3 rings (SSSR count). The Bertz CT molecular complexity index is 733. The summed E-state index contributed by atoms with van der Waals surface area (Å²) in [5.74, 6) is 2.08. The predicted octanol–water partition coefficient (Wildman–Crippen LogP) is 5.34. The summed E-state index contributed by atoms with van der Waals surface area (Å²) in [4.78, 5) is 15.5. The van der Waals surface area contributed by atoms with E-state index in [2.05, 4.69) is 67.6 Å². The molecule has 0 saturated carbocycles. The Morgan fingerprint density at radius 1 is 1.32 bits per heavy atom. The number of ether oxygens (including phenoxy) is 2. The molecule has 2 aliphatic heterocycles. The summed E-state index contributed by atoms with van der Waals surface area (Å²) in [6.07, 6.45) is 3.36. The van der Waals surface area contributed by atoms with Crippen molar-refractivity contribution in [1.29, 1.82) is 0 Å². The second-order valence-electron chi connectivity index (χ2n) is 9.24. The van der Waals surface area contributed by atoms with Crippen molar-refractivity contribution in [2.24, 2.45) is 17.8 Å². The fourth-order valence-electron chi connectivity index (χ4n) is 4.96. The first-order valence-electron chi connectivity index (χ1n) is 10.5. The first-order valence-corrected chi connectivity index (χ1v) is 11.3. The predicted molar refractivity (Wildman–Crippen MR) is 115 cm³/mol. The molecular formula is C23H34BrNO3. The van der Waals surface area contributed by atoms with Gasteiger partial charge in [0.25, 0.3) is 0 Å². The fourth-order valence-corrected chi connectivity index (χ4v) is 5.71. The van der Waals surface area contributed by atoms with Crippen molar-refractivity contribution in [2.75, 3.05) is 13.7 Å². The summed E-state index contributed by atoms with van der Waals surface area (Å²) >= 11 is 3.68. The lowest BCUT2D eigenvalue weighted by Gasteiger charge is -2.35. The smallest absolute Gasteiger partial charge is 0.228 e. The van der Waals surface area contributed by atoms with E-state index in [1.807, 2.05) is 0 Å². The molecule has 2 saturated heterocycles. The average Bonchev–Trinajstić information content (AvgIpc) is 3.08. The number of fused-ring (bicyclic) bond motifs is 1. The number of halogens is 1. The number of aryl methyl sites for hydroxylation is 1. The van der Waals surface area contributed by atoms with Crippen molar-refractivity contribution in [3.05, 3.63) is 27.7 Å². The van der Waals surface area contributed by atoms with E-state index in [9.17, 15) is 4.79 Å². The highest BCUT2D eigenvalue weighted by atomic mass is 79.9. The van der Waals surface area contributed by atoms with Gasteiger partial charge in [-0.15, -0.1) is 0 Å². The molecule has 0 N–H and O–H groups in total. The lowest BCUT2D eigenvalue weighted by molar-refractivity contribution is -0.142. The van der Waals surface area contributed by atoms with Crippen LogP contribution in [0.4, 0.5) is 0 Å². The first-order chi connectivity index (χ1) is 13.2. The van der Waals surface area contributed by atoms with Gasteiger partial charge >= 0.3 is 0 Å². The van der Waals surface area contributed by atoms with E-state index in [0.29, 0.717) is 18.4 Å². The Labute approximate surface area is 178 Å². The maximum atomic E-state index is 13.4. The van der Waals surface area contributed by atoms with Gasteiger partial charge in [-0.2, -0.15) is 0 Å². The van der Waals surface area contributed by atoms with Crippen LogP contribution < -0.4 is 4.74 Å². The van der Waals surface area contributed by atoms with Crippen LogP contribution >= 0.6 is 15.9 Å². The molecule has 0 aromatic heterocycles. The minimum absolute atomic E-state index is 0.0122.